The molecule has 4 N–H and O–H groups in total. The number of fused-ring (bicyclic) bond motifs is 1. The van der Waals surface area contributed by atoms with E-state index in [4.69, 9.17) is 0 Å². The Bertz CT molecular complexity index is 878. The molecule has 0 spiro atoms. The van der Waals surface area contributed by atoms with Gasteiger partial charge in [0, 0.05) is 36.1 Å². The SMILES string of the molecule is O=C(CN1CCC(Nc2ccccc2CO)CC1)Nc1ccc2c(c1)CCCC2O. The topological polar surface area (TPSA) is 84.8 Å². The van der Waals surface area contributed by atoms with Crippen LogP contribution in [0, 0.1) is 0 Å². The Morgan fingerprint density at radius 2 is 1.90 bits per heavy atom. The van der Waals surface area contributed by atoms with Crippen LogP contribution in [0.25, 0.3) is 0 Å². The summed E-state index contributed by atoms with van der Waals surface area (Å²) in [5, 5.41) is 26.1. The first-order valence-electron chi connectivity index (χ1n) is 10.9. The zero-order valence-corrected chi connectivity index (χ0v) is 17.3. The van der Waals surface area contributed by atoms with Crippen molar-refractivity contribution >= 4 is 17.3 Å². The smallest absolute Gasteiger partial charge is 0.238 e. The number of anilines is 2. The lowest BCUT2D eigenvalue weighted by atomic mass is 9.89. The van der Waals surface area contributed by atoms with E-state index >= 15 is 0 Å². The van der Waals surface area contributed by atoms with Crippen molar-refractivity contribution < 1.29 is 15.0 Å². The second kappa shape index (κ2) is 9.60. The molecule has 1 fully saturated rings. The number of benzene rings is 2. The lowest BCUT2D eigenvalue weighted by molar-refractivity contribution is -0.117. The molecule has 0 bridgehead atoms. The minimum Gasteiger partial charge on any atom is -0.392 e. The monoisotopic (exact) mass is 409 g/mol. The molecule has 6 nitrogen and oxygen atoms in total. The number of nitrogens with one attached hydrogen (secondary N) is 2. The number of hydrogen-bond acceptors (Lipinski definition) is 5. The normalized spacial score (nSPS) is 19.9. The van der Waals surface area contributed by atoms with Crippen molar-refractivity contribution in [3.05, 3.63) is 59.2 Å². The molecule has 30 heavy (non-hydrogen) atoms. The van der Waals surface area contributed by atoms with Crippen molar-refractivity contribution in [1.82, 2.24) is 4.90 Å². The van der Waals surface area contributed by atoms with Gasteiger partial charge in [-0.1, -0.05) is 24.3 Å². The molecule has 2 aromatic rings. The summed E-state index contributed by atoms with van der Waals surface area (Å²) in [6.45, 7) is 2.15. The fourth-order valence-corrected chi connectivity index (χ4v) is 4.52. The Morgan fingerprint density at radius 3 is 2.70 bits per heavy atom. The minimum absolute atomic E-state index is 0.00310. The maximum atomic E-state index is 12.5. The van der Waals surface area contributed by atoms with Crippen LogP contribution >= 0.6 is 0 Å². The number of rotatable bonds is 6. The van der Waals surface area contributed by atoms with Crippen molar-refractivity contribution in [2.24, 2.45) is 0 Å². The van der Waals surface area contributed by atoms with E-state index in [0.717, 1.165) is 73.3 Å². The first-order chi connectivity index (χ1) is 14.6. The van der Waals surface area contributed by atoms with Crippen molar-refractivity contribution in [1.29, 1.82) is 0 Å². The molecule has 1 aliphatic carbocycles. The number of piperidine rings is 1. The van der Waals surface area contributed by atoms with Gasteiger partial charge in [0.1, 0.15) is 0 Å². The molecule has 2 aliphatic rings. The molecule has 1 unspecified atom stereocenters. The van der Waals surface area contributed by atoms with Gasteiger partial charge in [0.2, 0.25) is 5.91 Å². The highest BCUT2D eigenvalue weighted by molar-refractivity contribution is 5.92. The minimum atomic E-state index is -0.377. The van der Waals surface area contributed by atoms with Gasteiger partial charge in [-0.05, 0) is 61.4 Å². The molecular weight excluding hydrogens is 378 g/mol. The summed E-state index contributed by atoms with van der Waals surface area (Å²) in [4.78, 5) is 14.7. The summed E-state index contributed by atoms with van der Waals surface area (Å²) < 4.78 is 0. The molecule has 4 rings (SSSR count). The molecule has 0 radical (unpaired) electrons. The average Bonchev–Trinajstić information content (AvgIpc) is 2.75. The van der Waals surface area contributed by atoms with Gasteiger partial charge in [-0.2, -0.15) is 0 Å². The van der Waals surface area contributed by atoms with E-state index in [1.807, 2.05) is 42.5 Å². The maximum Gasteiger partial charge on any atom is 0.238 e. The average molecular weight is 410 g/mol. The third-order valence-corrected chi connectivity index (χ3v) is 6.21. The summed E-state index contributed by atoms with van der Waals surface area (Å²) in [6.07, 6.45) is 4.30. The lowest BCUT2D eigenvalue weighted by Gasteiger charge is -2.32. The Hall–Kier alpha value is -2.41. The summed E-state index contributed by atoms with van der Waals surface area (Å²) >= 11 is 0. The first-order valence-corrected chi connectivity index (χ1v) is 10.9. The van der Waals surface area contributed by atoms with Gasteiger partial charge in [0.15, 0.2) is 0 Å². The van der Waals surface area contributed by atoms with Crippen LogP contribution in [0.15, 0.2) is 42.5 Å². The highest BCUT2D eigenvalue weighted by Crippen LogP contribution is 2.31. The molecule has 1 saturated heterocycles. The first kappa shape index (κ1) is 20.8. The van der Waals surface area contributed by atoms with Crippen molar-refractivity contribution in [2.75, 3.05) is 30.3 Å². The number of aryl methyl sites for hydroxylation is 1. The van der Waals surface area contributed by atoms with Crippen LogP contribution in [-0.4, -0.2) is 46.7 Å². The number of para-hydroxylation sites is 1. The molecule has 1 heterocycles. The third-order valence-electron chi connectivity index (χ3n) is 6.21. The molecule has 6 heteroatoms. The molecule has 0 saturated carbocycles. The summed E-state index contributed by atoms with van der Waals surface area (Å²) in [6, 6.07) is 14.0. The number of nitrogens with zero attached hydrogens (tertiary/aromatic N) is 1. The van der Waals surface area contributed by atoms with E-state index in [1.54, 1.807) is 0 Å². The summed E-state index contributed by atoms with van der Waals surface area (Å²) in [5.41, 5.74) is 4.86. The van der Waals surface area contributed by atoms with Crippen LogP contribution in [0.3, 0.4) is 0 Å². The van der Waals surface area contributed by atoms with Crippen molar-refractivity contribution in [3.8, 4) is 0 Å². The summed E-state index contributed by atoms with van der Waals surface area (Å²) in [7, 11) is 0. The predicted molar refractivity (Wildman–Crippen MR) is 118 cm³/mol. The van der Waals surface area contributed by atoms with Gasteiger partial charge in [-0.25, -0.2) is 0 Å². The fraction of sp³-hybridized carbons (Fsp3) is 0.458. The molecule has 1 atom stereocenters. The largest absolute Gasteiger partial charge is 0.392 e. The zero-order chi connectivity index (χ0) is 20.9. The third kappa shape index (κ3) is 5.01. The van der Waals surface area contributed by atoms with Crippen LogP contribution in [0.1, 0.15) is 48.5 Å². The quantitative estimate of drug-likeness (QED) is 0.589. The van der Waals surface area contributed by atoms with E-state index in [2.05, 4.69) is 15.5 Å². The Kier molecular flexibility index (Phi) is 6.67. The predicted octanol–water partition coefficient (Wildman–Crippen LogP) is 3.06. The Labute approximate surface area is 177 Å². The van der Waals surface area contributed by atoms with Gasteiger partial charge in [-0.15, -0.1) is 0 Å². The lowest BCUT2D eigenvalue weighted by Crippen LogP contribution is -2.42. The molecule has 2 aromatic carbocycles. The number of carbonyl (C=O) groups excluding carboxylic acids is 1. The van der Waals surface area contributed by atoms with Crippen molar-refractivity contribution in [3.63, 3.8) is 0 Å². The van der Waals surface area contributed by atoms with E-state index in [-0.39, 0.29) is 18.6 Å². The molecule has 0 aromatic heterocycles. The highest BCUT2D eigenvalue weighted by Gasteiger charge is 2.22. The van der Waals surface area contributed by atoms with Crippen LogP contribution in [0.2, 0.25) is 0 Å². The number of hydrogen-bond donors (Lipinski definition) is 4. The maximum absolute atomic E-state index is 12.5. The molecule has 1 aliphatic heterocycles. The molecule has 160 valence electrons. The summed E-state index contributed by atoms with van der Waals surface area (Å²) in [5.74, 6) is 0.00310. The molecular formula is C24H31N3O3. The van der Waals surface area contributed by atoms with Gasteiger partial charge in [0.25, 0.3) is 0 Å². The van der Waals surface area contributed by atoms with Gasteiger partial charge in [-0.3, -0.25) is 9.69 Å². The van der Waals surface area contributed by atoms with Crippen LogP contribution in [-0.2, 0) is 17.8 Å². The Morgan fingerprint density at radius 1 is 1.10 bits per heavy atom. The standard InChI is InChI=1S/C24H31N3O3/c28-16-18-4-1-2-6-22(18)25-19-10-12-27(13-11-19)15-24(30)26-20-8-9-21-17(14-20)5-3-7-23(21)29/h1-2,4,6,8-9,14,19,23,25,28-29H,3,5,7,10-13,15-16H2,(H,26,30). The van der Waals surface area contributed by atoms with E-state index in [9.17, 15) is 15.0 Å². The number of carbonyl (C=O) groups is 1. The second-order valence-electron chi connectivity index (χ2n) is 8.38. The van der Waals surface area contributed by atoms with Crippen LogP contribution in [0.5, 0.6) is 0 Å². The van der Waals surface area contributed by atoms with Gasteiger partial charge < -0.3 is 20.8 Å². The zero-order valence-electron chi connectivity index (χ0n) is 17.3. The number of amides is 1. The molecule has 1 amide bonds. The number of likely N-dealkylation sites (tertiary alicyclic amines) is 1. The van der Waals surface area contributed by atoms with Gasteiger partial charge >= 0.3 is 0 Å². The van der Waals surface area contributed by atoms with E-state index in [1.165, 1.54) is 0 Å². The van der Waals surface area contributed by atoms with E-state index < -0.39 is 0 Å². The highest BCUT2D eigenvalue weighted by atomic mass is 16.3. The van der Waals surface area contributed by atoms with Crippen molar-refractivity contribution in [2.45, 2.75) is 50.9 Å². The van der Waals surface area contributed by atoms with E-state index in [0.29, 0.717) is 12.6 Å². The fourth-order valence-electron chi connectivity index (χ4n) is 4.52. The Balaban J connectivity index is 1.25. The second-order valence-corrected chi connectivity index (χ2v) is 8.38. The van der Waals surface area contributed by atoms with Crippen LogP contribution in [0.4, 0.5) is 11.4 Å². The number of aliphatic hydroxyl groups is 2. The number of aliphatic hydroxyl groups excluding tert-OH is 2. The van der Waals surface area contributed by atoms with Gasteiger partial charge in [0.05, 0.1) is 19.3 Å². The van der Waals surface area contributed by atoms with Crippen LogP contribution < -0.4 is 10.6 Å².